The van der Waals surface area contributed by atoms with Crippen LogP contribution in [0.25, 0.3) is 0 Å². The SMILES string of the molecule is CCNc1ccccc1S(=O)(=O)Nc1nnns1. The van der Waals surface area contributed by atoms with Gasteiger partial charge in [0.05, 0.1) is 5.69 Å². The van der Waals surface area contributed by atoms with Crippen LogP contribution < -0.4 is 10.0 Å². The molecule has 96 valence electrons. The molecule has 0 spiro atoms. The summed E-state index contributed by atoms with van der Waals surface area (Å²) in [6.07, 6.45) is 0. The Bertz CT molecular complexity index is 612. The first kappa shape index (κ1) is 12.7. The highest BCUT2D eigenvalue weighted by Crippen LogP contribution is 2.23. The monoisotopic (exact) mass is 285 g/mol. The predicted octanol–water partition coefficient (Wildman–Crippen LogP) is 1.17. The van der Waals surface area contributed by atoms with Crippen molar-refractivity contribution < 1.29 is 8.42 Å². The molecule has 0 bridgehead atoms. The molecule has 18 heavy (non-hydrogen) atoms. The van der Waals surface area contributed by atoms with Gasteiger partial charge in [0.25, 0.3) is 10.0 Å². The Morgan fingerprint density at radius 2 is 2.11 bits per heavy atom. The van der Waals surface area contributed by atoms with Crippen molar-refractivity contribution in [1.29, 1.82) is 0 Å². The van der Waals surface area contributed by atoms with Gasteiger partial charge in [-0.25, -0.2) is 8.42 Å². The van der Waals surface area contributed by atoms with Gasteiger partial charge in [-0.15, -0.1) is 0 Å². The fourth-order valence-electron chi connectivity index (χ4n) is 1.38. The first-order chi connectivity index (χ1) is 8.63. The van der Waals surface area contributed by atoms with Gasteiger partial charge in [0.2, 0.25) is 5.13 Å². The first-order valence-electron chi connectivity index (χ1n) is 5.14. The summed E-state index contributed by atoms with van der Waals surface area (Å²) in [4.78, 5) is 0.169. The van der Waals surface area contributed by atoms with Gasteiger partial charge in [0.1, 0.15) is 4.90 Å². The Morgan fingerprint density at radius 1 is 1.33 bits per heavy atom. The number of nitrogens with zero attached hydrogens (tertiary/aromatic N) is 3. The summed E-state index contributed by atoms with van der Waals surface area (Å²) >= 11 is 0.881. The summed E-state index contributed by atoms with van der Waals surface area (Å²) in [6.45, 7) is 2.53. The molecule has 2 rings (SSSR count). The number of para-hydroxylation sites is 1. The van der Waals surface area contributed by atoms with Gasteiger partial charge in [-0.1, -0.05) is 21.7 Å². The summed E-state index contributed by atoms with van der Waals surface area (Å²) in [6, 6.07) is 6.66. The summed E-state index contributed by atoms with van der Waals surface area (Å²) in [7, 11) is -3.68. The minimum atomic E-state index is -3.68. The van der Waals surface area contributed by atoms with E-state index >= 15 is 0 Å². The average molecular weight is 285 g/mol. The second-order valence-corrected chi connectivity index (χ2v) is 5.68. The maximum absolute atomic E-state index is 12.2. The van der Waals surface area contributed by atoms with E-state index < -0.39 is 10.0 Å². The fourth-order valence-corrected chi connectivity index (χ4v) is 3.15. The van der Waals surface area contributed by atoms with Crippen LogP contribution in [0.2, 0.25) is 0 Å². The lowest BCUT2D eigenvalue weighted by atomic mass is 10.3. The zero-order valence-corrected chi connectivity index (χ0v) is 11.1. The predicted molar refractivity (Wildman–Crippen MR) is 69.1 cm³/mol. The number of hydrogen-bond donors (Lipinski definition) is 2. The van der Waals surface area contributed by atoms with E-state index in [0.29, 0.717) is 12.2 Å². The highest BCUT2D eigenvalue weighted by Gasteiger charge is 2.19. The number of sulfonamides is 1. The van der Waals surface area contributed by atoms with Crippen LogP contribution in [0.3, 0.4) is 0 Å². The summed E-state index contributed by atoms with van der Waals surface area (Å²) in [5, 5.41) is 10.0. The van der Waals surface area contributed by atoms with Crippen molar-refractivity contribution in [2.24, 2.45) is 0 Å². The lowest BCUT2D eigenvalue weighted by Gasteiger charge is -2.10. The third kappa shape index (κ3) is 2.74. The molecular weight excluding hydrogens is 274 g/mol. The Hall–Kier alpha value is -1.74. The molecule has 0 saturated heterocycles. The van der Waals surface area contributed by atoms with Gasteiger partial charge >= 0.3 is 0 Å². The van der Waals surface area contributed by atoms with E-state index in [0.717, 1.165) is 11.5 Å². The highest BCUT2D eigenvalue weighted by atomic mass is 32.2. The topological polar surface area (TPSA) is 96.9 Å². The Morgan fingerprint density at radius 3 is 2.78 bits per heavy atom. The third-order valence-electron chi connectivity index (χ3n) is 2.06. The van der Waals surface area contributed by atoms with Crippen LogP contribution in [0.15, 0.2) is 29.2 Å². The molecule has 7 nitrogen and oxygen atoms in total. The zero-order valence-electron chi connectivity index (χ0n) is 9.49. The molecule has 2 aromatic rings. The second-order valence-electron chi connectivity index (χ2n) is 3.30. The molecule has 0 saturated carbocycles. The maximum Gasteiger partial charge on any atom is 0.265 e. The molecule has 0 atom stereocenters. The van der Waals surface area contributed by atoms with E-state index in [-0.39, 0.29) is 10.0 Å². The van der Waals surface area contributed by atoms with E-state index in [1.54, 1.807) is 18.2 Å². The standard InChI is InChI=1S/C9H11N5O2S2/c1-2-10-7-5-3-4-6-8(7)18(15,16)12-9-11-13-14-17-9/h3-6,10H,2H2,1H3,(H,11,12,14). The minimum absolute atomic E-state index is 0.140. The molecule has 0 aliphatic rings. The van der Waals surface area contributed by atoms with Crippen LogP contribution in [0.4, 0.5) is 10.8 Å². The Labute approximate surface area is 108 Å². The van der Waals surface area contributed by atoms with Crippen LogP contribution >= 0.6 is 11.5 Å². The number of hydrogen-bond acceptors (Lipinski definition) is 7. The van der Waals surface area contributed by atoms with Crippen molar-refractivity contribution >= 4 is 32.4 Å². The van der Waals surface area contributed by atoms with Crippen LogP contribution in [-0.2, 0) is 10.0 Å². The maximum atomic E-state index is 12.2. The molecule has 1 heterocycles. The lowest BCUT2D eigenvalue weighted by molar-refractivity contribution is 0.601. The third-order valence-corrected chi connectivity index (χ3v) is 4.10. The molecule has 0 unspecified atom stereocenters. The smallest absolute Gasteiger partial charge is 0.265 e. The molecule has 1 aromatic heterocycles. The van der Waals surface area contributed by atoms with Gasteiger partial charge in [0, 0.05) is 18.1 Å². The van der Waals surface area contributed by atoms with Crippen molar-refractivity contribution in [3.63, 3.8) is 0 Å². The second kappa shape index (κ2) is 5.27. The minimum Gasteiger partial charge on any atom is -0.384 e. The van der Waals surface area contributed by atoms with Crippen LogP contribution in [0, 0.1) is 0 Å². The number of anilines is 2. The lowest BCUT2D eigenvalue weighted by Crippen LogP contribution is -2.15. The van der Waals surface area contributed by atoms with Crippen LogP contribution in [0.1, 0.15) is 6.92 Å². The van der Waals surface area contributed by atoms with E-state index in [1.807, 2.05) is 6.92 Å². The largest absolute Gasteiger partial charge is 0.384 e. The van der Waals surface area contributed by atoms with Gasteiger partial charge in [0.15, 0.2) is 0 Å². The van der Waals surface area contributed by atoms with Crippen molar-refractivity contribution in [1.82, 2.24) is 14.8 Å². The molecule has 0 amide bonds. The normalized spacial score (nSPS) is 11.2. The van der Waals surface area contributed by atoms with Crippen molar-refractivity contribution in [2.75, 3.05) is 16.6 Å². The van der Waals surface area contributed by atoms with Crippen molar-refractivity contribution in [2.45, 2.75) is 11.8 Å². The van der Waals surface area contributed by atoms with Crippen LogP contribution in [-0.4, -0.2) is 29.8 Å². The zero-order chi connectivity index (χ0) is 13.0. The molecule has 0 aliphatic heterocycles. The van der Waals surface area contributed by atoms with E-state index in [9.17, 15) is 8.42 Å². The Kier molecular flexibility index (Phi) is 3.72. The van der Waals surface area contributed by atoms with Gasteiger partial charge in [-0.3, -0.25) is 4.72 Å². The molecule has 2 N–H and O–H groups in total. The highest BCUT2D eigenvalue weighted by molar-refractivity contribution is 7.93. The number of nitrogens with one attached hydrogen (secondary N) is 2. The van der Waals surface area contributed by atoms with Crippen molar-refractivity contribution in [3.05, 3.63) is 24.3 Å². The number of rotatable bonds is 5. The number of aromatic nitrogens is 3. The van der Waals surface area contributed by atoms with E-state index in [2.05, 4.69) is 24.8 Å². The van der Waals surface area contributed by atoms with Crippen LogP contribution in [0.5, 0.6) is 0 Å². The molecule has 0 radical (unpaired) electrons. The van der Waals surface area contributed by atoms with E-state index in [1.165, 1.54) is 6.07 Å². The molecular formula is C9H11N5O2S2. The van der Waals surface area contributed by atoms with Crippen molar-refractivity contribution in [3.8, 4) is 0 Å². The van der Waals surface area contributed by atoms with Gasteiger partial charge in [-0.2, -0.15) is 0 Å². The first-order valence-corrected chi connectivity index (χ1v) is 7.40. The molecule has 0 fully saturated rings. The van der Waals surface area contributed by atoms with Gasteiger partial charge < -0.3 is 5.32 Å². The summed E-state index contributed by atoms with van der Waals surface area (Å²) in [5.74, 6) is 0. The fraction of sp³-hybridized carbons (Fsp3) is 0.222. The number of benzene rings is 1. The molecule has 1 aromatic carbocycles. The van der Waals surface area contributed by atoms with Gasteiger partial charge in [-0.05, 0) is 24.3 Å². The molecule has 0 aliphatic carbocycles. The summed E-state index contributed by atoms with van der Waals surface area (Å²) in [5.41, 5.74) is 0.546. The quantitative estimate of drug-likeness (QED) is 0.855. The average Bonchev–Trinajstić information content (AvgIpc) is 2.82. The summed E-state index contributed by atoms with van der Waals surface area (Å²) < 4.78 is 30.1. The Balaban J connectivity index is 2.35. The molecule has 9 heteroatoms. The van der Waals surface area contributed by atoms with E-state index in [4.69, 9.17) is 0 Å².